The van der Waals surface area contributed by atoms with E-state index >= 15 is 0 Å². The third-order valence-corrected chi connectivity index (χ3v) is 5.46. The van der Waals surface area contributed by atoms with Gasteiger partial charge in [-0.2, -0.15) is 0 Å². The number of anilines is 1. The number of pyridine rings is 1. The number of benzene rings is 1. The predicted molar refractivity (Wildman–Crippen MR) is 113 cm³/mol. The standard InChI is InChI=1S/C21H18N4O4S/c1-4-28-20(27)17-12(3)22-21(30-17)24-18(26)14-10-15(13-8-6-5-7-9-13)23-19-16(14)11(2)25-29-19/h5-10H,4H2,1-3H3,(H,22,24,26). The van der Waals surface area contributed by atoms with Crippen LogP contribution in [0.25, 0.3) is 22.4 Å². The van der Waals surface area contributed by atoms with Gasteiger partial charge in [0.1, 0.15) is 4.88 Å². The Bertz CT molecular complexity index is 1250. The van der Waals surface area contributed by atoms with Crippen LogP contribution in [0.15, 0.2) is 40.9 Å². The molecule has 0 saturated carbocycles. The van der Waals surface area contributed by atoms with Gasteiger partial charge in [0.2, 0.25) is 0 Å². The van der Waals surface area contributed by atoms with Crippen molar-refractivity contribution >= 4 is 39.4 Å². The lowest BCUT2D eigenvalue weighted by Gasteiger charge is -2.06. The van der Waals surface area contributed by atoms with Crippen molar-refractivity contribution in [2.24, 2.45) is 0 Å². The van der Waals surface area contributed by atoms with Crippen LogP contribution < -0.4 is 5.32 Å². The van der Waals surface area contributed by atoms with Crippen molar-refractivity contribution in [2.45, 2.75) is 20.8 Å². The van der Waals surface area contributed by atoms with Gasteiger partial charge in [0.15, 0.2) is 5.13 Å². The molecule has 1 aromatic carbocycles. The van der Waals surface area contributed by atoms with Crippen molar-refractivity contribution in [1.82, 2.24) is 15.1 Å². The summed E-state index contributed by atoms with van der Waals surface area (Å²) in [7, 11) is 0. The van der Waals surface area contributed by atoms with Gasteiger partial charge in [-0.3, -0.25) is 10.1 Å². The number of hydrogen-bond acceptors (Lipinski definition) is 8. The summed E-state index contributed by atoms with van der Waals surface area (Å²) in [5.74, 6) is -0.851. The zero-order valence-corrected chi connectivity index (χ0v) is 17.4. The SMILES string of the molecule is CCOC(=O)c1sc(NC(=O)c2cc(-c3ccccc3)nc3onc(C)c23)nc1C. The Labute approximate surface area is 175 Å². The summed E-state index contributed by atoms with van der Waals surface area (Å²) < 4.78 is 10.3. The number of fused-ring (bicyclic) bond motifs is 1. The van der Waals surface area contributed by atoms with Crippen molar-refractivity contribution in [3.63, 3.8) is 0 Å². The van der Waals surface area contributed by atoms with Gasteiger partial charge < -0.3 is 9.26 Å². The normalized spacial score (nSPS) is 10.9. The van der Waals surface area contributed by atoms with Crippen LogP contribution in [0.1, 0.15) is 38.3 Å². The molecule has 9 heteroatoms. The molecule has 0 aliphatic carbocycles. The molecule has 0 unspecified atom stereocenters. The van der Waals surface area contributed by atoms with E-state index in [1.54, 1.807) is 26.8 Å². The van der Waals surface area contributed by atoms with Crippen molar-refractivity contribution in [2.75, 3.05) is 11.9 Å². The molecule has 0 atom stereocenters. The van der Waals surface area contributed by atoms with Crippen molar-refractivity contribution in [1.29, 1.82) is 0 Å². The Morgan fingerprint density at radius 1 is 1.13 bits per heavy atom. The van der Waals surface area contributed by atoms with Crippen LogP contribution in [0.2, 0.25) is 0 Å². The highest BCUT2D eigenvalue weighted by Gasteiger charge is 2.22. The van der Waals surface area contributed by atoms with E-state index in [1.807, 2.05) is 30.3 Å². The maximum atomic E-state index is 13.1. The van der Waals surface area contributed by atoms with E-state index in [0.717, 1.165) is 16.9 Å². The summed E-state index contributed by atoms with van der Waals surface area (Å²) in [5, 5.41) is 7.56. The zero-order valence-electron chi connectivity index (χ0n) is 16.6. The summed E-state index contributed by atoms with van der Waals surface area (Å²) in [6.07, 6.45) is 0. The minimum atomic E-state index is -0.458. The molecule has 4 rings (SSSR count). The number of esters is 1. The molecular formula is C21H18N4O4S. The average molecular weight is 422 g/mol. The molecule has 1 N–H and O–H groups in total. The summed E-state index contributed by atoms with van der Waals surface area (Å²) in [5.41, 5.74) is 3.14. The first-order chi connectivity index (χ1) is 14.5. The van der Waals surface area contributed by atoms with Crippen molar-refractivity contribution in [3.8, 4) is 11.3 Å². The van der Waals surface area contributed by atoms with Crippen LogP contribution >= 0.6 is 11.3 Å². The van der Waals surface area contributed by atoms with Gasteiger partial charge in [-0.1, -0.05) is 46.8 Å². The number of carbonyl (C=O) groups excluding carboxylic acids is 2. The van der Waals surface area contributed by atoms with E-state index in [4.69, 9.17) is 9.26 Å². The van der Waals surface area contributed by atoms with Crippen LogP contribution in [0.3, 0.4) is 0 Å². The maximum Gasteiger partial charge on any atom is 0.350 e. The van der Waals surface area contributed by atoms with Gasteiger partial charge in [0.25, 0.3) is 11.6 Å². The number of amides is 1. The molecule has 3 heterocycles. The molecule has 3 aromatic heterocycles. The Balaban J connectivity index is 1.72. The molecule has 0 spiro atoms. The molecule has 8 nitrogen and oxygen atoms in total. The summed E-state index contributed by atoms with van der Waals surface area (Å²) >= 11 is 1.07. The number of aryl methyl sites for hydroxylation is 2. The lowest BCUT2D eigenvalue weighted by molar-refractivity contribution is 0.0531. The number of thiazole rings is 1. The zero-order chi connectivity index (χ0) is 21.3. The van der Waals surface area contributed by atoms with Gasteiger partial charge in [-0.15, -0.1) is 0 Å². The molecule has 152 valence electrons. The van der Waals surface area contributed by atoms with Crippen LogP contribution in [0.4, 0.5) is 5.13 Å². The van der Waals surface area contributed by atoms with Crippen LogP contribution in [-0.4, -0.2) is 33.6 Å². The fourth-order valence-electron chi connectivity index (χ4n) is 3.03. The molecule has 1 amide bonds. The minimum absolute atomic E-state index is 0.266. The summed E-state index contributed by atoms with van der Waals surface area (Å²) in [4.78, 5) is 34.3. The van der Waals surface area contributed by atoms with E-state index in [1.165, 1.54) is 0 Å². The topological polar surface area (TPSA) is 107 Å². The lowest BCUT2D eigenvalue weighted by atomic mass is 10.1. The summed E-state index contributed by atoms with van der Waals surface area (Å²) in [6.45, 7) is 5.44. The van der Waals surface area contributed by atoms with Crippen LogP contribution in [-0.2, 0) is 4.74 Å². The number of ether oxygens (including phenoxy) is 1. The fourth-order valence-corrected chi connectivity index (χ4v) is 3.89. The number of rotatable bonds is 5. The number of nitrogens with zero attached hydrogens (tertiary/aromatic N) is 3. The largest absolute Gasteiger partial charge is 0.462 e. The quantitative estimate of drug-likeness (QED) is 0.475. The van der Waals surface area contributed by atoms with E-state index in [0.29, 0.717) is 38.0 Å². The average Bonchev–Trinajstić information content (AvgIpc) is 3.30. The predicted octanol–water partition coefficient (Wildman–Crippen LogP) is 4.39. The third-order valence-electron chi connectivity index (χ3n) is 4.41. The van der Waals surface area contributed by atoms with Crippen LogP contribution in [0.5, 0.6) is 0 Å². The van der Waals surface area contributed by atoms with Gasteiger partial charge in [-0.05, 0) is 26.8 Å². The Morgan fingerprint density at radius 3 is 2.63 bits per heavy atom. The molecule has 0 aliphatic rings. The smallest absolute Gasteiger partial charge is 0.350 e. The van der Waals surface area contributed by atoms with Crippen molar-refractivity contribution < 1.29 is 18.8 Å². The third kappa shape index (κ3) is 3.67. The van der Waals surface area contributed by atoms with E-state index in [-0.39, 0.29) is 12.3 Å². The highest BCUT2D eigenvalue weighted by Crippen LogP contribution is 2.29. The van der Waals surface area contributed by atoms with E-state index < -0.39 is 11.9 Å². The molecule has 30 heavy (non-hydrogen) atoms. The fraction of sp³-hybridized carbons (Fsp3) is 0.190. The Morgan fingerprint density at radius 2 is 1.90 bits per heavy atom. The Kier molecular flexibility index (Phi) is 5.28. The van der Waals surface area contributed by atoms with Gasteiger partial charge in [0.05, 0.1) is 34.6 Å². The minimum Gasteiger partial charge on any atom is -0.462 e. The van der Waals surface area contributed by atoms with Gasteiger partial charge in [-0.25, -0.2) is 14.8 Å². The first kappa shape index (κ1) is 19.7. The van der Waals surface area contributed by atoms with E-state index in [9.17, 15) is 9.59 Å². The van der Waals surface area contributed by atoms with E-state index in [2.05, 4.69) is 20.4 Å². The first-order valence-electron chi connectivity index (χ1n) is 9.26. The second kappa shape index (κ2) is 8.03. The van der Waals surface area contributed by atoms with Crippen molar-refractivity contribution in [3.05, 3.63) is 58.2 Å². The highest BCUT2D eigenvalue weighted by molar-refractivity contribution is 7.17. The lowest BCUT2D eigenvalue weighted by Crippen LogP contribution is -2.13. The molecule has 4 aromatic rings. The number of carbonyl (C=O) groups is 2. The monoisotopic (exact) mass is 422 g/mol. The molecule has 0 saturated heterocycles. The Hall–Kier alpha value is -3.59. The summed E-state index contributed by atoms with van der Waals surface area (Å²) in [6, 6.07) is 11.2. The number of aromatic nitrogens is 3. The first-order valence-corrected chi connectivity index (χ1v) is 10.1. The molecule has 0 aliphatic heterocycles. The van der Waals surface area contributed by atoms with Gasteiger partial charge >= 0.3 is 5.97 Å². The van der Waals surface area contributed by atoms with Crippen LogP contribution in [0, 0.1) is 13.8 Å². The number of hydrogen-bond donors (Lipinski definition) is 1. The highest BCUT2D eigenvalue weighted by atomic mass is 32.1. The second-order valence-electron chi connectivity index (χ2n) is 6.48. The second-order valence-corrected chi connectivity index (χ2v) is 7.48. The molecular weight excluding hydrogens is 404 g/mol. The molecule has 0 bridgehead atoms. The number of nitrogens with one attached hydrogen (secondary N) is 1. The molecule has 0 fully saturated rings. The molecule has 0 radical (unpaired) electrons. The van der Waals surface area contributed by atoms with Gasteiger partial charge in [0, 0.05) is 5.56 Å². The maximum absolute atomic E-state index is 13.1.